The summed E-state index contributed by atoms with van der Waals surface area (Å²) in [6.07, 6.45) is 0. The molecule has 0 aliphatic rings. The van der Waals surface area contributed by atoms with E-state index in [0.29, 0.717) is 10.9 Å². The number of aliphatic hydroxyl groups is 1. The Hall–Kier alpha value is -2.58. The summed E-state index contributed by atoms with van der Waals surface area (Å²) in [5, 5.41) is 18.9. The third-order valence-corrected chi connectivity index (χ3v) is 2.48. The highest BCUT2D eigenvalue weighted by molar-refractivity contribution is 5.91. The Balaban J connectivity index is 2.58. The first-order valence-electron chi connectivity index (χ1n) is 5.83. The predicted octanol–water partition coefficient (Wildman–Crippen LogP) is 1.61. The summed E-state index contributed by atoms with van der Waals surface area (Å²) in [4.78, 5) is 22.3. The van der Waals surface area contributed by atoms with Crippen LogP contribution in [0.3, 0.4) is 0 Å². The molecule has 1 aromatic heterocycles. The van der Waals surface area contributed by atoms with E-state index in [0.717, 1.165) is 0 Å². The smallest absolute Gasteiger partial charge is 0.351 e. The molecule has 0 fully saturated rings. The Morgan fingerprint density at radius 2 is 2.00 bits per heavy atom. The minimum absolute atomic E-state index is 0.286. The van der Waals surface area contributed by atoms with Gasteiger partial charge in [0.2, 0.25) is 0 Å². The Kier molecular flexibility index (Phi) is 3.35. The van der Waals surface area contributed by atoms with Crippen molar-refractivity contribution in [3.8, 4) is 11.8 Å². The van der Waals surface area contributed by atoms with Crippen LogP contribution in [0.5, 0.6) is 0 Å². The highest BCUT2D eigenvalue weighted by Gasteiger charge is 2.12. The lowest BCUT2D eigenvalue weighted by Crippen LogP contribution is -2.14. The van der Waals surface area contributed by atoms with Gasteiger partial charge >= 0.3 is 11.6 Å². The molecule has 1 aromatic carbocycles. The Labute approximate surface area is 114 Å². The number of carboxylic acid groups (broad SMARTS) is 1. The van der Waals surface area contributed by atoms with Crippen LogP contribution in [-0.4, -0.2) is 21.8 Å². The van der Waals surface area contributed by atoms with E-state index in [1.165, 1.54) is 12.1 Å². The standard InChI is InChI=1S/C15H12O5/c1-15(2,19)6-5-9-3-4-12-10(7-9)8-11(13(16)17)14(18)20-12/h3-4,7-8,19H,1-2H3,(H,16,17). The molecule has 102 valence electrons. The van der Waals surface area contributed by atoms with E-state index in [1.54, 1.807) is 26.0 Å². The molecule has 0 radical (unpaired) electrons. The van der Waals surface area contributed by atoms with Crippen molar-refractivity contribution >= 4 is 16.9 Å². The van der Waals surface area contributed by atoms with E-state index in [1.807, 2.05) is 0 Å². The molecule has 0 unspecified atom stereocenters. The van der Waals surface area contributed by atoms with E-state index >= 15 is 0 Å². The fourth-order valence-corrected chi connectivity index (χ4v) is 1.58. The molecule has 0 saturated carbocycles. The number of fused-ring (bicyclic) bond motifs is 1. The normalized spacial score (nSPS) is 10.9. The van der Waals surface area contributed by atoms with Gasteiger partial charge in [-0.2, -0.15) is 0 Å². The molecule has 2 aromatic rings. The zero-order valence-corrected chi connectivity index (χ0v) is 10.9. The molecule has 5 nitrogen and oxygen atoms in total. The van der Waals surface area contributed by atoms with Gasteiger partial charge in [-0.3, -0.25) is 0 Å². The van der Waals surface area contributed by atoms with Crippen molar-refractivity contribution in [3.63, 3.8) is 0 Å². The molecule has 0 atom stereocenters. The molecule has 5 heteroatoms. The zero-order chi connectivity index (χ0) is 14.9. The van der Waals surface area contributed by atoms with Crippen molar-refractivity contribution in [3.05, 3.63) is 45.8 Å². The maximum Gasteiger partial charge on any atom is 0.351 e. The second-order valence-electron chi connectivity index (χ2n) is 4.81. The minimum atomic E-state index is -1.34. The Morgan fingerprint density at radius 3 is 2.60 bits per heavy atom. The van der Waals surface area contributed by atoms with Crippen LogP contribution < -0.4 is 5.63 Å². The maximum atomic E-state index is 11.4. The number of carbonyl (C=O) groups is 1. The summed E-state index contributed by atoms with van der Waals surface area (Å²) in [7, 11) is 0. The van der Waals surface area contributed by atoms with Crippen molar-refractivity contribution in [1.29, 1.82) is 0 Å². The largest absolute Gasteiger partial charge is 0.477 e. The molecule has 1 heterocycles. The minimum Gasteiger partial charge on any atom is -0.477 e. The molecular weight excluding hydrogens is 260 g/mol. The third-order valence-electron chi connectivity index (χ3n) is 2.48. The second kappa shape index (κ2) is 4.83. The fraction of sp³-hybridized carbons (Fsp3) is 0.200. The molecule has 0 bridgehead atoms. The van der Waals surface area contributed by atoms with Crippen LogP contribution in [0, 0.1) is 11.8 Å². The van der Waals surface area contributed by atoms with E-state index in [4.69, 9.17) is 9.52 Å². The van der Waals surface area contributed by atoms with Gasteiger partial charge < -0.3 is 14.6 Å². The summed E-state index contributed by atoms with van der Waals surface area (Å²) in [6, 6.07) is 6.02. The van der Waals surface area contributed by atoms with Gasteiger partial charge in [0.25, 0.3) is 0 Å². The Bertz CT molecular complexity index is 797. The van der Waals surface area contributed by atoms with Gasteiger partial charge in [-0.15, -0.1) is 0 Å². The topological polar surface area (TPSA) is 87.7 Å². The number of carboxylic acids is 1. The zero-order valence-electron chi connectivity index (χ0n) is 10.9. The van der Waals surface area contributed by atoms with Crippen LogP contribution in [0.25, 0.3) is 11.0 Å². The summed E-state index contributed by atoms with van der Waals surface area (Å²) >= 11 is 0. The first kappa shape index (κ1) is 13.8. The SMILES string of the molecule is CC(C)(O)C#Cc1ccc2oc(=O)c(C(=O)O)cc2c1. The van der Waals surface area contributed by atoms with Gasteiger partial charge in [0, 0.05) is 10.9 Å². The Morgan fingerprint density at radius 1 is 1.30 bits per heavy atom. The number of benzene rings is 1. The lowest BCUT2D eigenvalue weighted by molar-refractivity contribution is 0.0692. The number of rotatable bonds is 1. The maximum absolute atomic E-state index is 11.4. The average Bonchev–Trinajstić information content (AvgIpc) is 2.34. The van der Waals surface area contributed by atoms with Gasteiger partial charge in [-0.05, 0) is 38.1 Å². The molecule has 0 saturated heterocycles. The highest BCUT2D eigenvalue weighted by atomic mass is 16.4. The molecule has 0 amide bonds. The fourth-order valence-electron chi connectivity index (χ4n) is 1.58. The second-order valence-corrected chi connectivity index (χ2v) is 4.81. The van der Waals surface area contributed by atoms with Crippen molar-refractivity contribution in [1.82, 2.24) is 0 Å². The van der Waals surface area contributed by atoms with Crippen molar-refractivity contribution in [2.75, 3.05) is 0 Å². The molecule has 20 heavy (non-hydrogen) atoms. The van der Waals surface area contributed by atoms with Crippen molar-refractivity contribution < 1.29 is 19.4 Å². The molecule has 0 aliphatic heterocycles. The monoisotopic (exact) mass is 272 g/mol. The van der Waals surface area contributed by atoms with Gasteiger partial charge in [0.1, 0.15) is 16.7 Å². The molecule has 0 spiro atoms. The lowest BCUT2D eigenvalue weighted by atomic mass is 10.1. The lowest BCUT2D eigenvalue weighted by Gasteiger charge is -2.06. The molecule has 2 rings (SSSR count). The number of aromatic carboxylic acids is 1. The van der Waals surface area contributed by atoms with Crippen molar-refractivity contribution in [2.24, 2.45) is 0 Å². The van der Waals surface area contributed by atoms with Gasteiger partial charge in [-0.25, -0.2) is 9.59 Å². The van der Waals surface area contributed by atoms with E-state index < -0.39 is 22.8 Å². The van der Waals surface area contributed by atoms with Crippen LogP contribution in [0.1, 0.15) is 29.8 Å². The number of hydrogen-bond donors (Lipinski definition) is 2. The predicted molar refractivity (Wildman–Crippen MR) is 72.6 cm³/mol. The van der Waals surface area contributed by atoms with Crippen LogP contribution >= 0.6 is 0 Å². The summed E-state index contributed by atoms with van der Waals surface area (Å²) in [5.41, 5.74) is -1.56. The quantitative estimate of drug-likeness (QED) is 0.608. The van der Waals surface area contributed by atoms with Crippen molar-refractivity contribution in [2.45, 2.75) is 19.4 Å². The molecule has 0 aliphatic carbocycles. The third kappa shape index (κ3) is 3.05. The van der Waals surface area contributed by atoms with Gasteiger partial charge in [-0.1, -0.05) is 11.8 Å². The summed E-state index contributed by atoms with van der Waals surface area (Å²) in [5.74, 6) is 4.08. The first-order chi connectivity index (χ1) is 9.26. The molecular formula is C15H12O5. The van der Waals surface area contributed by atoms with E-state index in [2.05, 4.69) is 11.8 Å². The van der Waals surface area contributed by atoms with Crippen LogP contribution in [-0.2, 0) is 0 Å². The summed E-state index contributed by atoms with van der Waals surface area (Å²) in [6.45, 7) is 3.12. The van der Waals surface area contributed by atoms with Gasteiger partial charge in [0.05, 0.1) is 0 Å². The van der Waals surface area contributed by atoms with E-state index in [9.17, 15) is 14.7 Å². The first-order valence-corrected chi connectivity index (χ1v) is 5.83. The van der Waals surface area contributed by atoms with Crippen LogP contribution in [0.15, 0.2) is 33.5 Å². The van der Waals surface area contributed by atoms with Crippen LogP contribution in [0.2, 0.25) is 0 Å². The van der Waals surface area contributed by atoms with Gasteiger partial charge in [0.15, 0.2) is 0 Å². The average molecular weight is 272 g/mol. The number of hydrogen-bond acceptors (Lipinski definition) is 4. The van der Waals surface area contributed by atoms with E-state index in [-0.39, 0.29) is 5.58 Å². The molecule has 2 N–H and O–H groups in total. The van der Waals surface area contributed by atoms with Crippen LogP contribution in [0.4, 0.5) is 0 Å². The summed E-state index contributed by atoms with van der Waals surface area (Å²) < 4.78 is 4.92. The highest BCUT2D eigenvalue weighted by Crippen LogP contribution is 2.15.